The summed E-state index contributed by atoms with van der Waals surface area (Å²) in [5, 5.41) is 14.8. The Hall–Kier alpha value is -0.870. The summed E-state index contributed by atoms with van der Waals surface area (Å²) >= 11 is 1.77. The number of carbonyl (C=O) groups is 1. The lowest BCUT2D eigenvalue weighted by Crippen LogP contribution is -2.27. The van der Waals surface area contributed by atoms with E-state index in [-0.39, 0.29) is 11.8 Å². The Balaban J connectivity index is 2.00. The third kappa shape index (κ3) is 4.05. The number of hydrogen-bond donors (Lipinski definition) is 2. The van der Waals surface area contributed by atoms with Crippen LogP contribution in [0.1, 0.15) is 30.7 Å². The summed E-state index contributed by atoms with van der Waals surface area (Å²) in [7, 11) is 0. The van der Waals surface area contributed by atoms with Crippen molar-refractivity contribution in [2.75, 3.05) is 13.1 Å². The maximum Gasteiger partial charge on any atom is 0.307 e. The minimum atomic E-state index is -0.648. The summed E-state index contributed by atoms with van der Waals surface area (Å²) in [6.45, 7) is 6.23. The highest BCUT2D eigenvalue weighted by molar-refractivity contribution is 7.10. The highest BCUT2D eigenvalue weighted by Gasteiger charge is 2.30. The molecule has 0 radical (unpaired) electrons. The van der Waals surface area contributed by atoms with Gasteiger partial charge in [-0.05, 0) is 61.2 Å². The molecule has 1 aliphatic rings. The van der Waals surface area contributed by atoms with Gasteiger partial charge in [0.2, 0.25) is 0 Å². The second-order valence-corrected chi connectivity index (χ2v) is 6.92. The topological polar surface area (TPSA) is 49.3 Å². The fourth-order valence-corrected chi connectivity index (χ4v) is 3.89. The average Bonchev–Trinajstić information content (AvgIpc) is 2.95. The summed E-state index contributed by atoms with van der Waals surface area (Å²) in [5.74, 6) is 0.0496. The van der Waals surface area contributed by atoms with E-state index in [1.54, 1.807) is 11.3 Å². The maximum absolute atomic E-state index is 11.5. The van der Waals surface area contributed by atoms with Gasteiger partial charge in [-0.2, -0.15) is 0 Å². The number of carboxylic acid groups (broad SMARTS) is 1. The molecule has 0 aliphatic carbocycles. The summed E-state index contributed by atoms with van der Waals surface area (Å²) in [6, 6.07) is 2.20. The van der Waals surface area contributed by atoms with Gasteiger partial charge in [-0.25, -0.2) is 0 Å². The van der Waals surface area contributed by atoms with Crippen molar-refractivity contribution in [2.45, 2.75) is 33.1 Å². The van der Waals surface area contributed by atoms with Crippen LogP contribution in [0.15, 0.2) is 11.4 Å². The van der Waals surface area contributed by atoms with E-state index in [0.717, 1.165) is 25.9 Å². The molecule has 3 nitrogen and oxygen atoms in total. The van der Waals surface area contributed by atoms with Gasteiger partial charge in [0.25, 0.3) is 0 Å². The Morgan fingerprint density at radius 1 is 1.53 bits per heavy atom. The normalized spacial score (nSPS) is 20.9. The van der Waals surface area contributed by atoms with Crippen LogP contribution in [0.25, 0.3) is 0 Å². The highest BCUT2D eigenvalue weighted by atomic mass is 32.1. The lowest BCUT2D eigenvalue weighted by atomic mass is 9.87. The fraction of sp³-hybridized carbons (Fsp3) is 0.667. The van der Waals surface area contributed by atoms with E-state index in [4.69, 9.17) is 0 Å². The molecular weight excluding hydrogens is 258 g/mol. The minimum absolute atomic E-state index is 0.239. The van der Waals surface area contributed by atoms with Crippen molar-refractivity contribution >= 4 is 17.3 Å². The molecule has 0 spiro atoms. The van der Waals surface area contributed by atoms with Gasteiger partial charge in [0, 0.05) is 4.88 Å². The van der Waals surface area contributed by atoms with Gasteiger partial charge >= 0.3 is 5.97 Å². The molecule has 1 aliphatic heterocycles. The van der Waals surface area contributed by atoms with E-state index in [1.807, 2.05) is 0 Å². The lowest BCUT2D eigenvalue weighted by molar-refractivity contribution is -0.143. The first-order chi connectivity index (χ1) is 9.06. The summed E-state index contributed by atoms with van der Waals surface area (Å²) < 4.78 is 0. The summed E-state index contributed by atoms with van der Waals surface area (Å²) in [4.78, 5) is 12.8. The van der Waals surface area contributed by atoms with Crippen LogP contribution >= 0.6 is 11.3 Å². The van der Waals surface area contributed by atoms with Crippen molar-refractivity contribution in [3.63, 3.8) is 0 Å². The first-order valence-corrected chi connectivity index (χ1v) is 7.94. The number of hydrogen-bond acceptors (Lipinski definition) is 3. The smallest absolute Gasteiger partial charge is 0.307 e. The quantitative estimate of drug-likeness (QED) is 0.843. The number of thiophene rings is 1. The zero-order chi connectivity index (χ0) is 13.8. The Labute approximate surface area is 119 Å². The van der Waals surface area contributed by atoms with Gasteiger partial charge in [-0.15, -0.1) is 11.3 Å². The molecule has 1 fully saturated rings. The standard InChI is InChI=1S/C15H23NO2S/c1-10(2)5-13-6-11(9-19-13)7-14(15(17)18)12-3-4-16-8-12/h6,9-10,12,14,16H,3-5,7-8H2,1-2H3,(H,17,18). The lowest BCUT2D eigenvalue weighted by Gasteiger charge is -2.17. The Kier molecular flexibility index (Phi) is 4.99. The van der Waals surface area contributed by atoms with Crippen LogP contribution in [0, 0.1) is 17.8 Å². The molecule has 1 aromatic heterocycles. The van der Waals surface area contributed by atoms with Crippen molar-refractivity contribution in [1.82, 2.24) is 5.32 Å². The monoisotopic (exact) mass is 281 g/mol. The third-order valence-electron chi connectivity index (χ3n) is 3.76. The minimum Gasteiger partial charge on any atom is -0.481 e. The molecule has 0 amide bonds. The van der Waals surface area contributed by atoms with Crippen LogP contribution < -0.4 is 5.32 Å². The largest absolute Gasteiger partial charge is 0.481 e. The van der Waals surface area contributed by atoms with Crippen molar-refractivity contribution in [2.24, 2.45) is 17.8 Å². The molecule has 2 rings (SSSR count). The molecule has 19 heavy (non-hydrogen) atoms. The Morgan fingerprint density at radius 2 is 2.32 bits per heavy atom. The van der Waals surface area contributed by atoms with Crippen LogP contribution in [0.4, 0.5) is 0 Å². The van der Waals surface area contributed by atoms with Crippen molar-refractivity contribution < 1.29 is 9.90 Å². The molecule has 2 heterocycles. The van der Waals surface area contributed by atoms with E-state index in [1.165, 1.54) is 10.4 Å². The highest BCUT2D eigenvalue weighted by Crippen LogP contribution is 2.26. The summed E-state index contributed by atoms with van der Waals surface area (Å²) in [5.41, 5.74) is 1.19. The van der Waals surface area contributed by atoms with Gasteiger partial charge in [-0.3, -0.25) is 4.79 Å². The first kappa shape index (κ1) is 14.5. The zero-order valence-corrected chi connectivity index (χ0v) is 12.5. The maximum atomic E-state index is 11.5. The molecule has 1 saturated heterocycles. The molecule has 0 aromatic carbocycles. The predicted octanol–water partition coefficient (Wildman–Crippen LogP) is 2.80. The van der Waals surface area contributed by atoms with E-state index >= 15 is 0 Å². The number of rotatable bonds is 6. The zero-order valence-electron chi connectivity index (χ0n) is 11.7. The van der Waals surface area contributed by atoms with Crippen molar-refractivity contribution in [1.29, 1.82) is 0 Å². The van der Waals surface area contributed by atoms with Crippen molar-refractivity contribution in [3.8, 4) is 0 Å². The molecule has 0 bridgehead atoms. The van der Waals surface area contributed by atoms with Crippen LogP contribution in [0.5, 0.6) is 0 Å². The van der Waals surface area contributed by atoms with Gasteiger partial charge in [0.15, 0.2) is 0 Å². The van der Waals surface area contributed by atoms with E-state index in [9.17, 15) is 9.90 Å². The van der Waals surface area contributed by atoms with Gasteiger partial charge in [0.05, 0.1) is 5.92 Å². The molecule has 2 atom stereocenters. The molecule has 4 heteroatoms. The molecule has 2 N–H and O–H groups in total. The van der Waals surface area contributed by atoms with Gasteiger partial charge < -0.3 is 10.4 Å². The molecule has 0 saturated carbocycles. The van der Waals surface area contributed by atoms with E-state index in [2.05, 4.69) is 30.6 Å². The Bertz CT molecular complexity index is 422. The van der Waals surface area contributed by atoms with E-state index in [0.29, 0.717) is 12.3 Å². The van der Waals surface area contributed by atoms with Crippen LogP contribution in [0.2, 0.25) is 0 Å². The second-order valence-electron chi connectivity index (χ2n) is 5.92. The Morgan fingerprint density at radius 3 is 2.89 bits per heavy atom. The first-order valence-electron chi connectivity index (χ1n) is 7.06. The van der Waals surface area contributed by atoms with Crippen LogP contribution in [0.3, 0.4) is 0 Å². The number of carboxylic acids is 1. The van der Waals surface area contributed by atoms with Gasteiger partial charge in [-0.1, -0.05) is 13.8 Å². The molecule has 1 aromatic rings. The van der Waals surface area contributed by atoms with Crippen LogP contribution in [-0.2, 0) is 17.6 Å². The molecular formula is C15H23NO2S. The molecule has 2 unspecified atom stereocenters. The average molecular weight is 281 g/mol. The number of aliphatic carboxylic acids is 1. The van der Waals surface area contributed by atoms with Crippen molar-refractivity contribution in [3.05, 3.63) is 21.9 Å². The van der Waals surface area contributed by atoms with E-state index < -0.39 is 5.97 Å². The fourth-order valence-electron chi connectivity index (χ4n) is 2.77. The predicted molar refractivity (Wildman–Crippen MR) is 78.7 cm³/mol. The van der Waals surface area contributed by atoms with Gasteiger partial charge in [0.1, 0.15) is 0 Å². The SMILES string of the molecule is CC(C)Cc1cc(CC(C(=O)O)C2CCNC2)cs1. The van der Waals surface area contributed by atoms with Crippen LogP contribution in [-0.4, -0.2) is 24.2 Å². The molecule has 106 valence electrons. The third-order valence-corrected chi connectivity index (χ3v) is 4.77. The summed E-state index contributed by atoms with van der Waals surface area (Å²) in [6.07, 6.45) is 2.75. The number of nitrogens with one attached hydrogen (secondary N) is 1. The second kappa shape index (κ2) is 6.53.